The molecule has 0 unspecified atom stereocenters. The van der Waals surface area contributed by atoms with Gasteiger partial charge in [-0.1, -0.05) is 38.8 Å². The van der Waals surface area contributed by atoms with Crippen LogP contribution in [0, 0.1) is 11.3 Å². The number of nitrogens with one attached hydrogen (secondary N) is 4. The highest BCUT2D eigenvalue weighted by Crippen LogP contribution is 2.31. The topological polar surface area (TPSA) is 124 Å². The molecule has 1 aliphatic heterocycles. The number of anilines is 1. The first kappa shape index (κ1) is 22.9. The molecule has 3 amide bonds. The van der Waals surface area contributed by atoms with E-state index in [1.807, 2.05) is 24.3 Å². The minimum atomic E-state index is -1.08. The zero-order valence-corrected chi connectivity index (χ0v) is 18.2. The lowest BCUT2D eigenvalue weighted by atomic mass is 9.96. The maximum Gasteiger partial charge on any atom is 0.244 e. The number of carbonyl (C=O) groups excluding carboxylic acids is 3. The molecule has 0 bridgehead atoms. The quantitative estimate of drug-likeness (QED) is 0.275. The van der Waals surface area contributed by atoms with Crippen molar-refractivity contribution in [2.24, 2.45) is 10.9 Å². The highest BCUT2D eigenvalue weighted by molar-refractivity contribution is 6.24. The van der Waals surface area contributed by atoms with E-state index in [1.54, 1.807) is 0 Å². The third-order valence-electron chi connectivity index (χ3n) is 5.20. The van der Waals surface area contributed by atoms with E-state index in [0.29, 0.717) is 12.1 Å². The Morgan fingerprint density at radius 2 is 1.56 bits per heavy atom. The number of hydrogen-bond donors (Lipinski definition) is 4. The van der Waals surface area contributed by atoms with Gasteiger partial charge in [0, 0.05) is 11.9 Å². The molecular weight excluding hydrogens is 406 g/mol. The molecule has 1 aliphatic rings. The van der Waals surface area contributed by atoms with Gasteiger partial charge in [0.1, 0.15) is 0 Å². The molecule has 166 valence electrons. The van der Waals surface area contributed by atoms with E-state index in [2.05, 4.69) is 46.9 Å². The molecule has 1 fully saturated rings. The summed E-state index contributed by atoms with van der Waals surface area (Å²) in [6.45, 7) is 4.17. The molecule has 8 nitrogen and oxygen atoms in total. The van der Waals surface area contributed by atoms with Crippen molar-refractivity contribution in [3.05, 3.63) is 47.5 Å². The number of guanidine groups is 1. The predicted octanol–water partition coefficient (Wildman–Crippen LogP) is 3.33. The van der Waals surface area contributed by atoms with Crippen LogP contribution in [0.3, 0.4) is 0 Å². The lowest BCUT2D eigenvalue weighted by Gasteiger charge is -2.19. The van der Waals surface area contributed by atoms with Gasteiger partial charge >= 0.3 is 0 Å². The van der Waals surface area contributed by atoms with Crippen LogP contribution in [-0.2, 0) is 27.2 Å². The van der Waals surface area contributed by atoms with E-state index < -0.39 is 17.7 Å². The van der Waals surface area contributed by atoms with Crippen LogP contribution in [0.5, 0.6) is 0 Å². The van der Waals surface area contributed by atoms with Crippen LogP contribution in [-0.4, -0.2) is 30.4 Å². The van der Waals surface area contributed by atoms with Crippen LogP contribution >= 0.6 is 0 Å². The van der Waals surface area contributed by atoms with Crippen molar-refractivity contribution in [3.63, 3.8) is 0 Å². The van der Waals surface area contributed by atoms with Gasteiger partial charge in [0.2, 0.25) is 24.2 Å². The number of rotatable bonds is 9. The predicted molar refractivity (Wildman–Crippen MR) is 125 cm³/mol. The normalized spacial score (nSPS) is 16.1. The number of aliphatic imine (C=N–C) groups is 1. The number of aryl methyl sites for hydroxylation is 2. The van der Waals surface area contributed by atoms with Crippen molar-refractivity contribution in [2.45, 2.75) is 39.5 Å². The monoisotopic (exact) mass is 433 g/mol. The molecule has 4 N–H and O–H groups in total. The Balaban J connectivity index is 1.91. The van der Waals surface area contributed by atoms with E-state index in [4.69, 9.17) is 5.41 Å². The summed E-state index contributed by atoms with van der Waals surface area (Å²) >= 11 is 0. The number of carbonyl (C=O) groups is 3. The van der Waals surface area contributed by atoms with E-state index in [-0.39, 0.29) is 5.96 Å². The van der Waals surface area contributed by atoms with E-state index in [1.165, 1.54) is 6.21 Å². The van der Waals surface area contributed by atoms with E-state index in [0.717, 1.165) is 53.6 Å². The molecule has 0 radical (unpaired) electrons. The molecule has 0 aliphatic carbocycles. The van der Waals surface area contributed by atoms with Gasteiger partial charge in [-0.2, -0.15) is 0 Å². The molecule has 3 rings (SSSR count). The van der Waals surface area contributed by atoms with Crippen LogP contribution in [0.15, 0.2) is 41.4 Å². The van der Waals surface area contributed by atoms with Gasteiger partial charge in [-0.25, -0.2) is 0 Å². The van der Waals surface area contributed by atoms with Crippen molar-refractivity contribution < 1.29 is 14.4 Å². The van der Waals surface area contributed by atoms with Gasteiger partial charge in [-0.05, 0) is 59.4 Å². The van der Waals surface area contributed by atoms with Crippen LogP contribution < -0.4 is 16.0 Å². The Bertz CT molecular complexity index is 1060. The third-order valence-corrected chi connectivity index (χ3v) is 5.20. The largest absolute Gasteiger partial charge is 0.328 e. The molecular formula is C24H27N5O3. The molecule has 0 spiro atoms. The Kier molecular flexibility index (Phi) is 7.49. The Morgan fingerprint density at radius 3 is 2.19 bits per heavy atom. The van der Waals surface area contributed by atoms with Gasteiger partial charge in [0.05, 0.1) is 5.69 Å². The molecule has 1 saturated heterocycles. The number of amides is 3. The molecule has 1 heterocycles. The van der Waals surface area contributed by atoms with Gasteiger partial charge in [-0.3, -0.25) is 35.4 Å². The van der Waals surface area contributed by atoms with Crippen LogP contribution in [0.4, 0.5) is 11.4 Å². The smallest absolute Gasteiger partial charge is 0.244 e. The standard InChI is InChI=1S/C24H27N5O3/c1-3-5-17-11-15(16-8-10-21(27-14-30)18(12-16)6-4-2)7-9-20(17)26-13-19-22(31)28-24(25)29-23(19)32/h7-14,19H,3-6H2,1-2H3,(H,27,30)(H3,25,28,29,31,32). The Hall–Kier alpha value is -3.81. The van der Waals surface area contributed by atoms with E-state index in [9.17, 15) is 14.4 Å². The second-order valence-electron chi connectivity index (χ2n) is 7.59. The molecule has 0 saturated carbocycles. The summed E-state index contributed by atoms with van der Waals surface area (Å²) in [6.07, 6.45) is 5.54. The fraction of sp³-hybridized carbons (Fsp3) is 0.292. The first-order valence-electron chi connectivity index (χ1n) is 10.7. The van der Waals surface area contributed by atoms with Gasteiger partial charge in [0.25, 0.3) is 0 Å². The second kappa shape index (κ2) is 10.5. The summed E-state index contributed by atoms with van der Waals surface area (Å²) in [4.78, 5) is 39.3. The number of hydrogen-bond acceptors (Lipinski definition) is 5. The fourth-order valence-electron chi connectivity index (χ4n) is 3.66. The maximum atomic E-state index is 12.0. The fourth-order valence-corrected chi connectivity index (χ4v) is 3.66. The number of benzene rings is 2. The molecule has 2 aromatic carbocycles. The Morgan fingerprint density at radius 1 is 0.969 bits per heavy atom. The number of nitrogens with zero attached hydrogens (tertiary/aromatic N) is 1. The van der Waals surface area contributed by atoms with Crippen LogP contribution in [0.25, 0.3) is 11.1 Å². The average Bonchev–Trinajstić information content (AvgIpc) is 2.75. The van der Waals surface area contributed by atoms with Gasteiger partial charge in [0.15, 0.2) is 5.92 Å². The maximum absolute atomic E-state index is 12.0. The summed E-state index contributed by atoms with van der Waals surface area (Å²) in [6, 6.07) is 11.9. The first-order chi connectivity index (χ1) is 15.5. The summed E-state index contributed by atoms with van der Waals surface area (Å²) in [5.41, 5.74) is 5.68. The second-order valence-corrected chi connectivity index (χ2v) is 7.59. The lowest BCUT2D eigenvalue weighted by Crippen LogP contribution is -2.56. The van der Waals surface area contributed by atoms with Crippen LogP contribution in [0.1, 0.15) is 37.8 Å². The zero-order chi connectivity index (χ0) is 23.1. The molecule has 0 aromatic heterocycles. The average molecular weight is 434 g/mol. The summed E-state index contributed by atoms with van der Waals surface area (Å²) in [5.74, 6) is -2.53. The van der Waals surface area contributed by atoms with Gasteiger partial charge in [-0.15, -0.1) is 0 Å². The van der Waals surface area contributed by atoms with Gasteiger partial charge < -0.3 is 5.32 Å². The van der Waals surface area contributed by atoms with Crippen molar-refractivity contribution in [3.8, 4) is 11.1 Å². The summed E-state index contributed by atoms with van der Waals surface area (Å²) < 4.78 is 0. The highest BCUT2D eigenvalue weighted by atomic mass is 16.2. The zero-order valence-electron chi connectivity index (χ0n) is 18.2. The summed E-state index contributed by atoms with van der Waals surface area (Å²) in [7, 11) is 0. The van der Waals surface area contributed by atoms with Crippen LogP contribution in [0.2, 0.25) is 0 Å². The highest BCUT2D eigenvalue weighted by Gasteiger charge is 2.31. The minimum Gasteiger partial charge on any atom is -0.328 e. The first-order valence-corrected chi connectivity index (χ1v) is 10.7. The molecule has 8 heteroatoms. The van der Waals surface area contributed by atoms with Crippen molar-refractivity contribution in [1.29, 1.82) is 5.41 Å². The lowest BCUT2D eigenvalue weighted by molar-refractivity contribution is -0.132. The van der Waals surface area contributed by atoms with Crippen molar-refractivity contribution in [2.75, 3.05) is 5.32 Å². The summed E-state index contributed by atoms with van der Waals surface area (Å²) in [5, 5.41) is 14.7. The Labute approximate surface area is 187 Å². The SMILES string of the molecule is CCCc1cc(-c2ccc(NC=O)c(CCC)c2)ccc1N=CC1C(=O)NC(=N)NC1=O. The minimum absolute atomic E-state index is 0.322. The molecule has 2 aromatic rings. The van der Waals surface area contributed by atoms with E-state index >= 15 is 0 Å². The molecule has 32 heavy (non-hydrogen) atoms. The van der Waals surface area contributed by atoms with Crippen molar-refractivity contribution >= 4 is 41.8 Å². The van der Waals surface area contributed by atoms with Crippen molar-refractivity contribution in [1.82, 2.24) is 10.6 Å². The molecule has 0 atom stereocenters. The third kappa shape index (κ3) is 5.26.